The van der Waals surface area contributed by atoms with Gasteiger partial charge in [0.15, 0.2) is 0 Å². The van der Waals surface area contributed by atoms with E-state index in [4.69, 9.17) is 0 Å². The summed E-state index contributed by atoms with van der Waals surface area (Å²) in [5, 5.41) is 5.70. The fourth-order valence-corrected chi connectivity index (χ4v) is 4.12. The molecule has 1 saturated heterocycles. The van der Waals surface area contributed by atoms with E-state index in [-0.39, 0.29) is 5.91 Å². The molecule has 1 aliphatic heterocycles. The Morgan fingerprint density at radius 1 is 0.897 bits per heavy atom. The van der Waals surface area contributed by atoms with E-state index in [9.17, 15) is 4.79 Å². The van der Waals surface area contributed by atoms with Crippen LogP contribution in [-0.4, -0.2) is 48.4 Å². The summed E-state index contributed by atoms with van der Waals surface area (Å²) in [5.74, 6) is 0.0689. The van der Waals surface area contributed by atoms with Crippen LogP contribution in [0.5, 0.6) is 0 Å². The normalized spacial score (nSPS) is 15.5. The molecule has 0 atom stereocenters. The van der Waals surface area contributed by atoms with Crippen molar-refractivity contribution in [2.45, 2.75) is 20.4 Å². The van der Waals surface area contributed by atoms with Crippen LogP contribution in [0.3, 0.4) is 0 Å². The number of hydrogen-bond donors (Lipinski definition) is 1. The Morgan fingerprint density at radius 3 is 2.41 bits per heavy atom. The van der Waals surface area contributed by atoms with Gasteiger partial charge >= 0.3 is 0 Å². The number of nitrogens with one attached hydrogen (secondary N) is 1. The Kier molecular flexibility index (Phi) is 5.93. The summed E-state index contributed by atoms with van der Waals surface area (Å²) in [7, 11) is 0. The molecule has 0 bridgehead atoms. The predicted molar refractivity (Wildman–Crippen MR) is 120 cm³/mol. The Labute approximate surface area is 173 Å². The van der Waals surface area contributed by atoms with Crippen molar-refractivity contribution in [3.05, 3.63) is 77.4 Å². The van der Waals surface area contributed by atoms with Crippen molar-refractivity contribution in [2.75, 3.05) is 38.0 Å². The summed E-state index contributed by atoms with van der Waals surface area (Å²) in [4.78, 5) is 17.2. The smallest absolute Gasteiger partial charge is 0.238 e. The van der Waals surface area contributed by atoms with Gasteiger partial charge in [-0.3, -0.25) is 14.6 Å². The van der Waals surface area contributed by atoms with Gasteiger partial charge in [-0.15, -0.1) is 0 Å². The average Bonchev–Trinajstić information content (AvgIpc) is 2.72. The second kappa shape index (κ2) is 8.76. The number of carbonyl (C=O) groups excluding carboxylic acids is 1. The van der Waals surface area contributed by atoms with Crippen LogP contribution in [0.2, 0.25) is 0 Å². The van der Waals surface area contributed by atoms with Crippen LogP contribution >= 0.6 is 0 Å². The topological polar surface area (TPSA) is 35.6 Å². The number of aryl methyl sites for hydroxylation is 2. The summed E-state index contributed by atoms with van der Waals surface area (Å²) in [6.45, 7) is 9.33. The zero-order valence-corrected chi connectivity index (χ0v) is 17.3. The molecule has 0 spiro atoms. The Morgan fingerprint density at radius 2 is 1.62 bits per heavy atom. The maximum atomic E-state index is 12.5. The number of fused-ring (bicyclic) bond motifs is 1. The minimum Gasteiger partial charge on any atom is -0.325 e. The molecule has 3 aromatic carbocycles. The van der Waals surface area contributed by atoms with E-state index in [0.29, 0.717) is 6.54 Å². The quantitative estimate of drug-likeness (QED) is 0.712. The van der Waals surface area contributed by atoms with Gasteiger partial charge in [0, 0.05) is 38.4 Å². The SMILES string of the molecule is Cc1ccc(NC(=O)CN2CCN(Cc3cccc4ccccc34)CC2)c(C)c1. The van der Waals surface area contributed by atoms with E-state index >= 15 is 0 Å². The lowest BCUT2D eigenvalue weighted by molar-refractivity contribution is -0.117. The standard InChI is InChI=1S/C25H29N3O/c1-19-10-11-24(20(2)16-19)26-25(29)18-28-14-12-27(13-15-28)17-22-8-5-7-21-6-3-4-9-23(21)22/h3-11,16H,12-15,17-18H2,1-2H3,(H,26,29). The van der Waals surface area contributed by atoms with Gasteiger partial charge in [0.25, 0.3) is 0 Å². The lowest BCUT2D eigenvalue weighted by Crippen LogP contribution is -2.48. The molecule has 0 radical (unpaired) electrons. The van der Waals surface area contributed by atoms with Gasteiger partial charge < -0.3 is 5.32 Å². The second-order valence-corrected chi connectivity index (χ2v) is 8.06. The number of amides is 1. The van der Waals surface area contributed by atoms with Crippen LogP contribution in [0.25, 0.3) is 10.8 Å². The van der Waals surface area contributed by atoms with Crippen LogP contribution < -0.4 is 5.32 Å². The molecule has 0 aromatic heterocycles. The van der Waals surface area contributed by atoms with Gasteiger partial charge in [0.05, 0.1) is 6.54 Å². The average molecular weight is 388 g/mol. The first-order valence-corrected chi connectivity index (χ1v) is 10.4. The summed E-state index contributed by atoms with van der Waals surface area (Å²) >= 11 is 0. The monoisotopic (exact) mass is 387 g/mol. The molecule has 1 N–H and O–H groups in total. The second-order valence-electron chi connectivity index (χ2n) is 8.06. The van der Waals surface area contributed by atoms with Crippen molar-refractivity contribution >= 4 is 22.4 Å². The molecular formula is C25H29N3O. The molecule has 1 fully saturated rings. The molecule has 1 heterocycles. The minimum absolute atomic E-state index is 0.0689. The number of piperazine rings is 1. The number of nitrogens with zero attached hydrogens (tertiary/aromatic N) is 2. The third-order valence-electron chi connectivity index (χ3n) is 5.76. The minimum atomic E-state index is 0.0689. The van der Waals surface area contributed by atoms with Gasteiger partial charge in [-0.2, -0.15) is 0 Å². The largest absolute Gasteiger partial charge is 0.325 e. The maximum Gasteiger partial charge on any atom is 0.238 e. The van der Waals surface area contributed by atoms with Gasteiger partial charge in [0.1, 0.15) is 0 Å². The number of hydrogen-bond acceptors (Lipinski definition) is 3. The van der Waals surface area contributed by atoms with E-state index in [2.05, 4.69) is 70.6 Å². The highest BCUT2D eigenvalue weighted by Crippen LogP contribution is 2.21. The molecular weight excluding hydrogens is 358 g/mol. The van der Waals surface area contributed by atoms with Gasteiger partial charge in [-0.1, -0.05) is 60.2 Å². The zero-order chi connectivity index (χ0) is 20.2. The van der Waals surface area contributed by atoms with Crippen LogP contribution in [-0.2, 0) is 11.3 Å². The van der Waals surface area contributed by atoms with E-state index in [1.165, 1.54) is 21.9 Å². The molecule has 4 nitrogen and oxygen atoms in total. The van der Waals surface area contributed by atoms with E-state index < -0.39 is 0 Å². The lowest BCUT2D eigenvalue weighted by Gasteiger charge is -2.34. The molecule has 1 aliphatic rings. The van der Waals surface area contributed by atoms with Gasteiger partial charge in [-0.25, -0.2) is 0 Å². The Hall–Kier alpha value is -2.69. The maximum absolute atomic E-state index is 12.5. The van der Waals surface area contributed by atoms with Crippen molar-refractivity contribution in [1.29, 1.82) is 0 Å². The molecule has 4 rings (SSSR count). The molecule has 3 aromatic rings. The molecule has 29 heavy (non-hydrogen) atoms. The predicted octanol–water partition coefficient (Wildman–Crippen LogP) is 4.21. The van der Waals surface area contributed by atoms with Crippen LogP contribution in [0.15, 0.2) is 60.7 Å². The third kappa shape index (κ3) is 4.84. The Bertz CT molecular complexity index is 1000. The number of carbonyl (C=O) groups is 1. The van der Waals surface area contributed by atoms with Crippen molar-refractivity contribution in [2.24, 2.45) is 0 Å². The third-order valence-corrected chi connectivity index (χ3v) is 5.76. The van der Waals surface area contributed by atoms with Gasteiger partial charge in [0.2, 0.25) is 5.91 Å². The fourth-order valence-electron chi connectivity index (χ4n) is 4.12. The number of benzene rings is 3. The van der Waals surface area contributed by atoms with E-state index in [0.717, 1.165) is 44.0 Å². The summed E-state index contributed by atoms with van der Waals surface area (Å²) in [6, 6.07) is 21.2. The fraction of sp³-hybridized carbons (Fsp3) is 0.320. The summed E-state index contributed by atoms with van der Waals surface area (Å²) in [6.07, 6.45) is 0. The first-order valence-electron chi connectivity index (χ1n) is 10.4. The number of rotatable bonds is 5. The number of anilines is 1. The first kappa shape index (κ1) is 19.6. The highest BCUT2D eigenvalue weighted by molar-refractivity contribution is 5.93. The highest BCUT2D eigenvalue weighted by Gasteiger charge is 2.19. The highest BCUT2D eigenvalue weighted by atomic mass is 16.2. The summed E-state index contributed by atoms with van der Waals surface area (Å²) in [5.41, 5.74) is 4.61. The molecule has 0 aliphatic carbocycles. The van der Waals surface area contributed by atoms with Gasteiger partial charge in [-0.05, 0) is 41.8 Å². The van der Waals surface area contributed by atoms with Crippen molar-refractivity contribution in [3.8, 4) is 0 Å². The summed E-state index contributed by atoms with van der Waals surface area (Å²) < 4.78 is 0. The van der Waals surface area contributed by atoms with E-state index in [1.807, 2.05) is 19.1 Å². The Balaban J connectivity index is 1.29. The van der Waals surface area contributed by atoms with Crippen molar-refractivity contribution < 1.29 is 4.79 Å². The zero-order valence-electron chi connectivity index (χ0n) is 17.3. The van der Waals surface area contributed by atoms with Crippen LogP contribution in [0.1, 0.15) is 16.7 Å². The van der Waals surface area contributed by atoms with Crippen LogP contribution in [0.4, 0.5) is 5.69 Å². The molecule has 1 amide bonds. The molecule has 150 valence electrons. The van der Waals surface area contributed by atoms with E-state index in [1.54, 1.807) is 0 Å². The molecule has 0 saturated carbocycles. The first-order chi connectivity index (χ1) is 14.1. The van der Waals surface area contributed by atoms with Crippen LogP contribution in [0, 0.1) is 13.8 Å². The van der Waals surface area contributed by atoms with Crippen molar-refractivity contribution in [3.63, 3.8) is 0 Å². The van der Waals surface area contributed by atoms with Crippen molar-refractivity contribution in [1.82, 2.24) is 9.80 Å². The molecule has 0 unspecified atom stereocenters. The molecule has 4 heteroatoms. The lowest BCUT2D eigenvalue weighted by atomic mass is 10.0.